The molecule has 0 radical (unpaired) electrons. The zero-order valence-corrected chi connectivity index (χ0v) is 12.6. The van der Waals surface area contributed by atoms with Crippen molar-refractivity contribution in [3.05, 3.63) is 29.3 Å². The van der Waals surface area contributed by atoms with Crippen molar-refractivity contribution in [2.75, 3.05) is 18.9 Å². The first-order chi connectivity index (χ1) is 9.87. The molecule has 1 saturated heterocycles. The number of anilines is 1. The molecule has 2 aliphatic rings. The molecule has 1 N–H and O–H groups in total. The van der Waals surface area contributed by atoms with Crippen LogP contribution in [-0.2, 0) is 4.74 Å². The summed E-state index contributed by atoms with van der Waals surface area (Å²) >= 11 is 0. The van der Waals surface area contributed by atoms with E-state index in [1.165, 1.54) is 7.05 Å². The molecule has 1 fully saturated rings. The van der Waals surface area contributed by atoms with Crippen molar-refractivity contribution >= 4 is 17.5 Å². The van der Waals surface area contributed by atoms with E-state index in [0.717, 1.165) is 23.4 Å². The van der Waals surface area contributed by atoms with E-state index >= 15 is 0 Å². The summed E-state index contributed by atoms with van der Waals surface area (Å²) in [7, 11) is 1.51. The molecule has 0 spiro atoms. The van der Waals surface area contributed by atoms with Gasteiger partial charge in [0.15, 0.2) is 0 Å². The van der Waals surface area contributed by atoms with Crippen molar-refractivity contribution in [1.82, 2.24) is 4.90 Å². The highest BCUT2D eigenvalue weighted by Crippen LogP contribution is 2.30. The van der Waals surface area contributed by atoms with Crippen LogP contribution in [0.15, 0.2) is 18.2 Å². The van der Waals surface area contributed by atoms with Crippen LogP contribution in [-0.4, -0.2) is 42.0 Å². The minimum absolute atomic E-state index is 0.0463. The van der Waals surface area contributed by atoms with Crippen LogP contribution in [0.1, 0.15) is 47.4 Å². The normalized spacial score (nSPS) is 23.6. The van der Waals surface area contributed by atoms with Crippen LogP contribution in [0.25, 0.3) is 0 Å². The third-order valence-electron chi connectivity index (χ3n) is 4.18. The average Bonchev–Trinajstić information content (AvgIpc) is 2.90. The molecule has 0 aliphatic carbocycles. The molecule has 1 aromatic carbocycles. The van der Waals surface area contributed by atoms with Gasteiger partial charge in [0.25, 0.3) is 11.8 Å². The Hall–Kier alpha value is -1.88. The first kappa shape index (κ1) is 14.1. The Morgan fingerprint density at radius 3 is 2.67 bits per heavy atom. The second kappa shape index (κ2) is 4.84. The Labute approximate surface area is 124 Å². The largest absolute Gasteiger partial charge is 0.382 e. The lowest BCUT2D eigenvalue weighted by molar-refractivity contribution is -0.00911. The van der Waals surface area contributed by atoms with Crippen LogP contribution >= 0.6 is 0 Å². The number of carbonyl (C=O) groups is 2. The zero-order chi connectivity index (χ0) is 15.2. The lowest BCUT2D eigenvalue weighted by atomic mass is 10.1. The van der Waals surface area contributed by atoms with Crippen molar-refractivity contribution < 1.29 is 14.3 Å². The minimum atomic E-state index is -0.239. The summed E-state index contributed by atoms with van der Waals surface area (Å²) in [6.07, 6.45) is 2.28. The summed E-state index contributed by atoms with van der Waals surface area (Å²) in [6, 6.07) is 5.29. The number of hydrogen-bond donors (Lipinski definition) is 1. The number of fused-ring (bicyclic) bond motifs is 1. The Morgan fingerprint density at radius 1 is 1.29 bits per heavy atom. The van der Waals surface area contributed by atoms with Crippen molar-refractivity contribution in [1.29, 1.82) is 0 Å². The van der Waals surface area contributed by atoms with Crippen molar-refractivity contribution in [3.8, 4) is 0 Å². The van der Waals surface area contributed by atoms with Crippen LogP contribution in [0.2, 0.25) is 0 Å². The molecule has 21 heavy (non-hydrogen) atoms. The molecule has 0 bridgehead atoms. The molecular weight excluding hydrogens is 268 g/mol. The maximum Gasteiger partial charge on any atom is 0.261 e. The van der Waals surface area contributed by atoms with Gasteiger partial charge in [0, 0.05) is 19.3 Å². The second-order valence-electron chi connectivity index (χ2n) is 6.35. The quantitative estimate of drug-likeness (QED) is 0.867. The fraction of sp³-hybridized carbons (Fsp3) is 0.500. The van der Waals surface area contributed by atoms with Gasteiger partial charge in [0.2, 0.25) is 0 Å². The molecule has 112 valence electrons. The standard InChI is InChI=1S/C16H20N2O3/c1-16(2)7-6-11(21-16)9-17-10-4-5-12-13(8-10)15(20)18(3)14(12)19/h4-5,8,11,17H,6-7,9H2,1-3H3. The third-order valence-corrected chi connectivity index (χ3v) is 4.18. The monoisotopic (exact) mass is 288 g/mol. The van der Waals surface area contributed by atoms with Gasteiger partial charge in [-0.25, -0.2) is 0 Å². The minimum Gasteiger partial charge on any atom is -0.382 e. The predicted octanol–water partition coefficient (Wildman–Crippen LogP) is 2.28. The molecule has 2 aliphatic heterocycles. The first-order valence-electron chi connectivity index (χ1n) is 7.25. The Kier molecular flexibility index (Phi) is 3.24. The van der Waals surface area contributed by atoms with E-state index in [1.807, 2.05) is 6.07 Å². The number of nitrogens with one attached hydrogen (secondary N) is 1. The molecular formula is C16H20N2O3. The van der Waals surface area contributed by atoms with E-state index in [2.05, 4.69) is 19.2 Å². The fourth-order valence-electron chi connectivity index (χ4n) is 2.92. The van der Waals surface area contributed by atoms with Gasteiger partial charge in [-0.1, -0.05) is 0 Å². The van der Waals surface area contributed by atoms with Crippen molar-refractivity contribution in [2.24, 2.45) is 0 Å². The summed E-state index contributed by atoms with van der Waals surface area (Å²) in [6.45, 7) is 4.91. The highest BCUT2D eigenvalue weighted by molar-refractivity contribution is 6.21. The van der Waals surface area contributed by atoms with Crippen LogP contribution in [0.3, 0.4) is 0 Å². The number of ether oxygens (including phenoxy) is 1. The maximum atomic E-state index is 12.0. The highest BCUT2D eigenvalue weighted by Gasteiger charge is 2.33. The lowest BCUT2D eigenvalue weighted by Gasteiger charge is -2.19. The van der Waals surface area contributed by atoms with E-state index < -0.39 is 0 Å². The number of carbonyl (C=O) groups excluding carboxylic acids is 2. The molecule has 2 heterocycles. The van der Waals surface area contributed by atoms with E-state index in [1.54, 1.807) is 12.1 Å². The van der Waals surface area contributed by atoms with Gasteiger partial charge in [0.1, 0.15) is 0 Å². The summed E-state index contributed by atoms with van der Waals surface area (Å²) in [5.74, 6) is -0.473. The number of nitrogens with zero attached hydrogens (tertiary/aromatic N) is 1. The van der Waals surface area contributed by atoms with Crippen LogP contribution < -0.4 is 5.32 Å². The number of hydrogen-bond acceptors (Lipinski definition) is 4. The Balaban J connectivity index is 1.69. The number of benzene rings is 1. The summed E-state index contributed by atoms with van der Waals surface area (Å²) in [4.78, 5) is 24.9. The molecule has 0 aromatic heterocycles. The highest BCUT2D eigenvalue weighted by atomic mass is 16.5. The Bertz CT molecular complexity index is 610. The predicted molar refractivity (Wildman–Crippen MR) is 79.5 cm³/mol. The fourth-order valence-corrected chi connectivity index (χ4v) is 2.92. The molecule has 2 amide bonds. The average molecular weight is 288 g/mol. The Morgan fingerprint density at radius 2 is 2.00 bits per heavy atom. The molecule has 0 saturated carbocycles. The van der Waals surface area contributed by atoms with Gasteiger partial charge in [-0.15, -0.1) is 0 Å². The van der Waals surface area contributed by atoms with E-state index in [9.17, 15) is 9.59 Å². The van der Waals surface area contributed by atoms with Crippen molar-refractivity contribution in [2.45, 2.75) is 38.4 Å². The summed E-state index contributed by atoms with van der Waals surface area (Å²) in [5, 5.41) is 3.30. The topological polar surface area (TPSA) is 58.6 Å². The summed E-state index contributed by atoms with van der Waals surface area (Å²) < 4.78 is 5.93. The SMILES string of the molecule is CN1C(=O)c2ccc(NCC3CCC(C)(C)O3)cc2C1=O. The summed E-state index contributed by atoms with van der Waals surface area (Å²) in [5.41, 5.74) is 1.75. The van der Waals surface area contributed by atoms with Gasteiger partial charge in [-0.3, -0.25) is 14.5 Å². The van der Waals surface area contributed by atoms with Gasteiger partial charge in [-0.05, 0) is 44.9 Å². The third kappa shape index (κ3) is 2.53. The van der Waals surface area contributed by atoms with E-state index in [-0.39, 0.29) is 23.5 Å². The van der Waals surface area contributed by atoms with Gasteiger partial charge in [-0.2, -0.15) is 0 Å². The molecule has 1 atom stereocenters. The van der Waals surface area contributed by atoms with E-state index in [0.29, 0.717) is 17.7 Å². The molecule has 3 rings (SSSR count). The second-order valence-corrected chi connectivity index (χ2v) is 6.35. The number of rotatable bonds is 3. The maximum absolute atomic E-state index is 12.0. The lowest BCUT2D eigenvalue weighted by Crippen LogP contribution is -2.25. The van der Waals surface area contributed by atoms with Crippen LogP contribution in [0.4, 0.5) is 5.69 Å². The molecule has 5 heteroatoms. The van der Waals surface area contributed by atoms with Gasteiger partial charge in [0.05, 0.1) is 22.8 Å². The first-order valence-corrected chi connectivity index (χ1v) is 7.25. The molecule has 5 nitrogen and oxygen atoms in total. The smallest absolute Gasteiger partial charge is 0.261 e. The molecule has 1 unspecified atom stereocenters. The zero-order valence-electron chi connectivity index (χ0n) is 12.6. The van der Waals surface area contributed by atoms with Crippen LogP contribution in [0, 0.1) is 0 Å². The van der Waals surface area contributed by atoms with E-state index in [4.69, 9.17) is 4.74 Å². The van der Waals surface area contributed by atoms with Crippen molar-refractivity contribution in [3.63, 3.8) is 0 Å². The number of amides is 2. The number of imide groups is 1. The van der Waals surface area contributed by atoms with Gasteiger partial charge < -0.3 is 10.1 Å². The van der Waals surface area contributed by atoms with Gasteiger partial charge >= 0.3 is 0 Å². The van der Waals surface area contributed by atoms with Crippen LogP contribution in [0.5, 0.6) is 0 Å². The molecule has 1 aromatic rings.